The van der Waals surface area contributed by atoms with Gasteiger partial charge in [0.2, 0.25) is 5.91 Å². The number of nitrogens with two attached hydrogens (primary N) is 1. The highest BCUT2D eigenvalue weighted by atomic mass is 16.5. The summed E-state index contributed by atoms with van der Waals surface area (Å²) in [7, 11) is 0. The van der Waals surface area contributed by atoms with Crippen LogP contribution in [0.15, 0.2) is 0 Å². The Labute approximate surface area is 115 Å². The molecule has 3 atom stereocenters. The molecule has 5 nitrogen and oxygen atoms in total. The van der Waals surface area contributed by atoms with E-state index in [1.54, 1.807) is 0 Å². The topological polar surface area (TPSA) is 58.8 Å². The lowest BCUT2D eigenvalue weighted by Gasteiger charge is -2.32. The maximum Gasteiger partial charge on any atom is 0.227 e. The van der Waals surface area contributed by atoms with Crippen LogP contribution in [0, 0.1) is 5.92 Å². The number of rotatable bonds is 2. The van der Waals surface area contributed by atoms with Crippen LogP contribution in [0.2, 0.25) is 0 Å². The Hall–Kier alpha value is -0.650. The summed E-state index contributed by atoms with van der Waals surface area (Å²) in [6.45, 7) is 5.48. The van der Waals surface area contributed by atoms with E-state index in [1.165, 1.54) is 0 Å². The highest BCUT2D eigenvalue weighted by molar-refractivity contribution is 5.80. The molecule has 0 aromatic heterocycles. The number of carbonyl (C=O) groups excluding carboxylic acids is 1. The number of ether oxygens (including phenoxy) is 1. The Morgan fingerprint density at radius 2 is 1.89 bits per heavy atom. The Morgan fingerprint density at radius 3 is 2.58 bits per heavy atom. The van der Waals surface area contributed by atoms with Crippen LogP contribution in [-0.2, 0) is 9.53 Å². The highest BCUT2D eigenvalue weighted by Gasteiger charge is 2.37. The molecule has 0 bridgehead atoms. The van der Waals surface area contributed by atoms with Gasteiger partial charge >= 0.3 is 0 Å². The second kappa shape index (κ2) is 5.77. The van der Waals surface area contributed by atoms with Crippen molar-refractivity contribution < 1.29 is 9.53 Å². The van der Waals surface area contributed by atoms with Crippen LogP contribution in [0.1, 0.15) is 25.7 Å². The van der Waals surface area contributed by atoms with Gasteiger partial charge in [-0.2, -0.15) is 0 Å². The van der Waals surface area contributed by atoms with E-state index >= 15 is 0 Å². The summed E-state index contributed by atoms with van der Waals surface area (Å²) >= 11 is 0. The third kappa shape index (κ3) is 2.78. The molecule has 1 amide bonds. The molecule has 19 heavy (non-hydrogen) atoms. The van der Waals surface area contributed by atoms with Gasteiger partial charge in [0.25, 0.3) is 0 Å². The number of amides is 1. The molecule has 3 fully saturated rings. The average Bonchev–Trinajstić information content (AvgIpc) is 3.08. The molecular weight excluding hydrogens is 242 g/mol. The average molecular weight is 267 g/mol. The van der Waals surface area contributed by atoms with Crippen LogP contribution in [0.3, 0.4) is 0 Å². The highest BCUT2D eigenvalue weighted by Crippen LogP contribution is 2.28. The number of carbonyl (C=O) groups is 1. The summed E-state index contributed by atoms with van der Waals surface area (Å²) in [6.07, 6.45) is 4.21. The molecule has 108 valence electrons. The molecule has 0 radical (unpaired) electrons. The van der Waals surface area contributed by atoms with Crippen molar-refractivity contribution in [1.29, 1.82) is 0 Å². The smallest absolute Gasteiger partial charge is 0.227 e. The second-order valence-electron chi connectivity index (χ2n) is 6.08. The van der Waals surface area contributed by atoms with Crippen LogP contribution < -0.4 is 5.73 Å². The Morgan fingerprint density at radius 1 is 1.11 bits per heavy atom. The minimum Gasteiger partial charge on any atom is -0.379 e. The summed E-state index contributed by atoms with van der Waals surface area (Å²) in [5.74, 6) is 0.393. The van der Waals surface area contributed by atoms with Crippen molar-refractivity contribution >= 4 is 5.91 Å². The maximum atomic E-state index is 12.5. The van der Waals surface area contributed by atoms with Crippen molar-refractivity contribution in [2.24, 2.45) is 11.7 Å². The fourth-order valence-electron chi connectivity index (χ4n) is 3.71. The van der Waals surface area contributed by atoms with E-state index in [0.29, 0.717) is 11.9 Å². The van der Waals surface area contributed by atoms with Gasteiger partial charge in [-0.3, -0.25) is 9.69 Å². The van der Waals surface area contributed by atoms with Gasteiger partial charge in [-0.25, -0.2) is 0 Å². The Bertz CT molecular complexity index is 331. The van der Waals surface area contributed by atoms with Gasteiger partial charge in [0.1, 0.15) is 0 Å². The largest absolute Gasteiger partial charge is 0.379 e. The van der Waals surface area contributed by atoms with Gasteiger partial charge in [-0.15, -0.1) is 0 Å². The van der Waals surface area contributed by atoms with E-state index in [-0.39, 0.29) is 12.0 Å². The molecule has 1 aliphatic carbocycles. The molecule has 3 aliphatic rings. The number of hydrogen-bond acceptors (Lipinski definition) is 4. The zero-order valence-corrected chi connectivity index (χ0v) is 11.6. The minimum atomic E-state index is 0.0865. The zero-order chi connectivity index (χ0) is 13.2. The third-order valence-corrected chi connectivity index (χ3v) is 4.92. The van der Waals surface area contributed by atoms with Gasteiger partial charge in [0.05, 0.1) is 19.1 Å². The molecular formula is C14H25N3O2. The summed E-state index contributed by atoms with van der Waals surface area (Å²) in [5, 5.41) is 0. The fourth-order valence-corrected chi connectivity index (χ4v) is 3.71. The predicted molar refractivity (Wildman–Crippen MR) is 72.7 cm³/mol. The van der Waals surface area contributed by atoms with Crippen molar-refractivity contribution in [1.82, 2.24) is 9.80 Å². The van der Waals surface area contributed by atoms with E-state index in [1.807, 2.05) is 0 Å². The van der Waals surface area contributed by atoms with Gasteiger partial charge in [0.15, 0.2) is 0 Å². The van der Waals surface area contributed by atoms with Gasteiger partial charge in [-0.1, -0.05) is 6.42 Å². The summed E-state index contributed by atoms with van der Waals surface area (Å²) in [5.41, 5.74) is 6.05. The molecule has 2 aliphatic heterocycles. The van der Waals surface area contributed by atoms with E-state index in [4.69, 9.17) is 10.5 Å². The lowest BCUT2D eigenvalue weighted by atomic mass is 10.0. The van der Waals surface area contributed by atoms with E-state index in [9.17, 15) is 4.79 Å². The predicted octanol–water partition coefficient (Wildman–Crippen LogP) is 0.0469. The number of likely N-dealkylation sites (tertiary alicyclic amines) is 1. The van der Waals surface area contributed by atoms with Crippen molar-refractivity contribution in [3.05, 3.63) is 0 Å². The maximum absolute atomic E-state index is 12.5. The van der Waals surface area contributed by atoms with E-state index in [0.717, 1.165) is 65.1 Å². The first-order valence-corrected chi connectivity index (χ1v) is 7.62. The number of nitrogens with zero attached hydrogens (tertiary/aromatic N) is 2. The molecule has 2 heterocycles. The molecule has 0 spiro atoms. The van der Waals surface area contributed by atoms with Gasteiger partial charge in [0, 0.05) is 38.3 Å². The summed E-state index contributed by atoms with van der Waals surface area (Å²) < 4.78 is 5.39. The third-order valence-electron chi connectivity index (χ3n) is 4.92. The van der Waals surface area contributed by atoms with Crippen LogP contribution >= 0.6 is 0 Å². The van der Waals surface area contributed by atoms with Crippen molar-refractivity contribution in [3.8, 4) is 0 Å². The van der Waals surface area contributed by atoms with Crippen LogP contribution in [0.4, 0.5) is 0 Å². The molecule has 0 aromatic rings. The van der Waals surface area contributed by atoms with E-state index in [2.05, 4.69) is 9.80 Å². The van der Waals surface area contributed by atoms with Gasteiger partial charge < -0.3 is 15.4 Å². The molecule has 2 N–H and O–H groups in total. The van der Waals surface area contributed by atoms with Crippen LogP contribution in [0.5, 0.6) is 0 Å². The van der Waals surface area contributed by atoms with Crippen molar-refractivity contribution in [2.75, 3.05) is 39.4 Å². The normalized spacial score (nSPS) is 36.9. The summed E-state index contributed by atoms with van der Waals surface area (Å²) in [6, 6.07) is 0.625. The van der Waals surface area contributed by atoms with Crippen molar-refractivity contribution in [3.63, 3.8) is 0 Å². The zero-order valence-electron chi connectivity index (χ0n) is 11.6. The molecule has 5 heteroatoms. The fraction of sp³-hybridized carbons (Fsp3) is 0.929. The first kappa shape index (κ1) is 13.3. The lowest BCUT2D eigenvalue weighted by Crippen LogP contribution is -2.46. The second-order valence-corrected chi connectivity index (χ2v) is 6.08. The van der Waals surface area contributed by atoms with Crippen LogP contribution in [0.25, 0.3) is 0 Å². The quantitative estimate of drug-likeness (QED) is 0.768. The standard InChI is InChI=1S/C14H25N3O2/c15-13-3-1-2-12(13)14(18)17-5-4-11(10-17)16-6-8-19-9-7-16/h11-13H,1-10,15H2. The molecule has 3 unspecified atom stereocenters. The molecule has 1 saturated carbocycles. The summed E-state index contributed by atoms with van der Waals surface area (Å²) in [4.78, 5) is 17.0. The molecule has 0 aromatic carbocycles. The monoisotopic (exact) mass is 267 g/mol. The van der Waals surface area contributed by atoms with Gasteiger partial charge in [-0.05, 0) is 19.3 Å². The molecule has 2 saturated heterocycles. The minimum absolute atomic E-state index is 0.0865. The van der Waals surface area contributed by atoms with Crippen molar-refractivity contribution in [2.45, 2.75) is 37.8 Å². The first-order chi connectivity index (χ1) is 9.25. The van der Waals surface area contributed by atoms with Crippen LogP contribution in [-0.4, -0.2) is 67.2 Å². The Balaban J connectivity index is 1.54. The number of hydrogen-bond donors (Lipinski definition) is 1. The Kier molecular flexibility index (Phi) is 4.05. The van der Waals surface area contributed by atoms with E-state index < -0.39 is 0 Å². The first-order valence-electron chi connectivity index (χ1n) is 7.62. The lowest BCUT2D eigenvalue weighted by molar-refractivity contribution is -0.134. The number of morpholine rings is 1. The molecule has 3 rings (SSSR count). The SMILES string of the molecule is NC1CCCC1C(=O)N1CCC(N2CCOCC2)C1.